The van der Waals surface area contributed by atoms with Gasteiger partial charge in [-0.05, 0) is 42.9 Å². The van der Waals surface area contributed by atoms with Gasteiger partial charge in [0, 0.05) is 0 Å². The highest BCUT2D eigenvalue weighted by Crippen LogP contribution is 2.27. The average molecular weight is 222 g/mol. The summed E-state index contributed by atoms with van der Waals surface area (Å²) in [7, 11) is 0. The van der Waals surface area contributed by atoms with E-state index in [0.717, 1.165) is 17.5 Å². The summed E-state index contributed by atoms with van der Waals surface area (Å²) in [4.78, 5) is 0. The molecule has 0 spiro atoms. The number of hydrogen-bond acceptors (Lipinski definition) is 0. The molecule has 0 aliphatic heterocycles. The maximum Gasteiger partial charge on any atom is 0.129 e. The van der Waals surface area contributed by atoms with Gasteiger partial charge in [0.05, 0.1) is 0 Å². The zero-order valence-corrected chi connectivity index (χ0v) is 10.9. The van der Waals surface area contributed by atoms with Crippen LogP contribution in [0.4, 0.5) is 4.39 Å². The third kappa shape index (κ3) is 3.07. The first-order chi connectivity index (χ1) is 7.57. The molecule has 0 bridgehead atoms. The fourth-order valence-electron chi connectivity index (χ4n) is 2.23. The van der Waals surface area contributed by atoms with Crippen LogP contribution >= 0.6 is 0 Å². The first-order valence-electron chi connectivity index (χ1n) is 6.33. The van der Waals surface area contributed by atoms with E-state index in [2.05, 4.69) is 19.9 Å². The topological polar surface area (TPSA) is 0 Å². The first-order valence-corrected chi connectivity index (χ1v) is 6.33. The van der Waals surface area contributed by atoms with Gasteiger partial charge in [0.25, 0.3) is 0 Å². The molecule has 1 rings (SSSR count). The molecule has 0 amide bonds. The summed E-state index contributed by atoms with van der Waals surface area (Å²) < 4.78 is 13.7. The van der Waals surface area contributed by atoms with Gasteiger partial charge in [-0.3, -0.25) is 0 Å². The Kier molecular flexibility index (Phi) is 4.98. The molecule has 0 aliphatic carbocycles. The summed E-state index contributed by atoms with van der Waals surface area (Å²) in [6, 6.07) is 3.98. The van der Waals surface area contributed by atoms with Gasteiger partial charge < -0.3 is 0 Å². The van der Waals surface area contributed by atoms with Gasteiger partial charge in [0.15, 0.2) is 0 Å². The monoisotopic (exact) mass is 222 g/mol. The predicted octanol–water partition coefficient (Wildman–Crippen LogP) is 5.13. The van der Waals surface area contributed by atoms with E-state index in [1.165, 1.54) is 24.8 Å². The highest BCUT2D eigenvalue weighted by molar-refractivity contribution is 5.34. The molecular formula is C15H23F. The normalized spacial score (nSPS) is 12.8. The van der Waals surface area contributed by atoms with E-state index in [1.807, 2.05) is 19.9 Å². The number of rotatable bonds is 5. The Morgan fingerprint density at radius 3 is 2.50 bits per heavy atom. The van der Waals surface area contributed by atoms with Gasteiger partial charge in [-0.2, -0.15) is 0 Å². The lowest BCUT2D eigenvalue weighted by Crippen LogP contribution is -2.00. The molecule has 1 aromatic carbocycles. The summed E-state index contributed by atoms with van der Waals surface area (Å²) in [6.45, 7) is 8.13. The molecule has 0 heterocycles. The van der Waals surface area contributed by atoms with E-state index in [1.54, 1.807) is 0 Å². The Labute approximate surface area is 98.9 Å². The number of unbranched alkanes of at least 4 members (excludes halogenated alkanes) is 2. The van der Waals surface area contributed by atoms with Gasteiger partial charge in [0.2, 0.25) is 0 Å². The molecule has 1 unspecified atom stereocenters. The van der Waals surface area contributed by atoms with Gasteiger partial charge >= 0.3 is 0 Å². The van der Waals surface area contributed by atoms with Crippen LogP contribution in [0.5, 0.6) is 0 Å². The van der Waals surface area contributed by atoms with Crippen LogP contribution < -0.4 is 0 Å². The van der Waals surface area contributed by atoms with Crippen molar-refractivity contribution in [3.05, 3.63) is 34.6 Å². The van der Waals surface area contributed by atoms with Gasteiger partial charge in [-0.15, -0.1) is 0 Å². The van der Waals surface area contributed by atoms with E-state index in [4.69, 9.17) is 0 Å². The summed E-state index contributed by atoms with van der Waals surface area (Å²) in [5.41, 5.74) is 2.77. The average Bonchev–Trinajstić information content (AvgIpc) is 2.26. The molecule has 90 valence electrons. The maximum atomic E-state index is 13.7. The number of benzene rings is 1. The van der Waals surface area contributed by atoms with Crippen LogP contribution in [-0.2, 0) is 0 Å². The lowest BCUT2D eigenvalue weighted by atomic mass is 9.90. The number of aryl methyl sites for hydroxylation is 1. The standard InChI is InChI=1S/C15H23F/c1-5-6-7-8-11(2)14-10-9-12(3)15(16)13(14)4/h9-11H,5-8H2,1-4H3. The van der Waals surface area contributed by atoms with E-state index in [0.29, 0.717) is 5.92 Å². The Bertz CT molecular complexity index is 342. The minimum Gasteiger partial charge on any atom is -0.206 e. The quantitative estimate of drug-likeness (QED) is 0.606. The summed E-state index contributed by atoms with van der Waals surface area (Å²) in [5, 5.41) is 0. The zero-order valence-electron chi connectivity index (χ0n) is 10.9. The van der Waals surface area contributed by atoms with Crippen molar-refractivity contribution in [2.24, 2.45) is 0 Å². The maximum absolute atomic E-state index is 13.7. The molecule has 16 heavy (non-hydrogen) atoms. The van der Waals surface area contributed by atoms with Crippen molar-refractivity contribution < 1.29 is 4.39 Å². The molecule has 0 N–H and O–H groups in total. The lowest BCUT2D eigenvalue weighted by Gasteiger charge is -2.16. The van der Waals surface area contributed by atoms with Crippen LogP contribution in [0, 0.1) is 19.7 Å². The fourth-order valence-corrected chi connectivity index (χ4v) is 2.23. The SMILES string of the molecule is CCCCCC(C)c1ccc(C)c(F)c1C. The van der Waals surface area contributed by atoms with Gasteiger partial charge in [-0.1, -0.05) is 45.2 Å². The molecule has 1 atom stereocenters. The minimum absolute atomic E-state index is 0.0279. The third-order valence-corrected chi connectivity index (χ3v) is 3.39. The van der Waals surface area contributed by atoms with Crippen molar-refractivity contribution in [2.45, 2.75) is 59.3 Å². The van der Waals surface area contributed by atoms with Gasteiger partial charge in [0.1, 0.15) is 5.82 Å². The first kappa shape index (κ1) is 13.2. The molecule has 0 saturated carbocycles. The Morgan fingerprint density at radius 1 is 1.19 bits per heavy atom. The molecule has 0 nitrogen and oxygen atoms in total. The second-order valence-electron chi connectivity index (χ2n) is 4.81. The zero-order chi connectivity index (χ0) is 12.1. The van der Waals surface area contributed by atoms with Crippen molar-refractivity contribution in [1.82, 2.24) is 0 Å². The molecular weight excluding hydrogens is 199 g/mol. The van der Waals surface area contributed by atoms with Crippen LogP contribution in [0.3, 0.4) is 0 Å². The third-order valence-electron chi connectivity index (χ3n) is 3.39. The molecule has 1 aromatic rings. The fraction of sp³-hybridized carbons (Fsp3) is 0.600. The van der Waals surface area contributed by atoms with Crippen LogP contribution in [0.15, 0.2) is 12.1 Å². The summed E-state index contributed by atoms with van der Waals surface area (Å²) >= 11 is 0. The van der Waals surface area contributed by atoms with Crippen molar-refractivity contribution in [3.8, 4) is 0 Å². The largest absolute Gasteiger partial charge is 0.206 e. The summed E-state index contributed by atoms with van der Waals surface area (Å²) in [5.74, 6) is 0.446. The second-order valence-corrected chi connectivity index (χ2v) is 4.81. The van der Waals surface area contributed by atoms with Crippen LogP contribution in [-0.4, -0.2) is 0 Å². The summed E-state index contributed by atoms with van der Waals surface area (Å²) in [6.07, 6.45) is 4.93. The smallest absolute Gasteiger partial charge is 0.129 e. The van der Waals surface area contributed by atoms with Crippen molar-refractivity contribution in [2.75, 3.05) is 0 Å². The van der Waals surface area contributed by atoms with E-state index >= 15 is 0 Å². The molecule has 0 saturated heterocycles. The van der Waals surface area contributed by atoms with E-state index in [-0.39, 0.29) is 5.82 Å². The van der Waals surface area contributed by atoms with Crippen molar-refractivity contribution in [1.29, 1.82) is 0 Å². The second kappa shape index (κ2) is 6.03. The van der Waals surface area contributed by atoms with Crippen molar-refractivity contribution in [3.63, 3.8) is 0 Å². The molecule has 1 heteroatoms. The van der Waals surface area contributed by atoms with E-state index < -0.39 is 0 Å². The van der Waals surface area contributed by atoms with Crippen LogP contribution in [0.25, 0.3) is 0 Å². The number of halogens is 1. The Balaban J connectivity index is 2.76. The molecule has 0 aliphatic rings. The number of hydrogen-bond donors (Lipinski definition) is 0. The van der Waals surface area contributed by atoms with E-state index in [9.17, 15) is 4.39 Å². The highest BCUT2D eigenvalue weighted by Gasteiger charge is 2.12. The minimum atomic E-state index is -0.0279. The predicted molar refractivity (Wildman–Crippen MR) is 68.4 cm³/mol. The molecule has 0 fully saturated rings. The lowest BCUT2D eigenvalue weighted by molar-refractivity contribution is 0.576. The molecule has 0 radical (unpaired) electrons. The highest BCUT2D eigenvalue weighted by atomic mass is 19.1. The van der Waals surface area contributed by atoms with Crippen LogP contribution in [0.2, 0.25) is 0 Å². The van der Waals surface area contributed by atoms with Crippen molar-refractivity contribution >= 4 is 0 Å². The molecule has 0 aromatic heterocycles. The van der Waals surface area contributed by atoms with Crippen LogP contribution in [0.1, 0.15) is 62.1 Å². The Morgan fingerprint density at radius 2 is 1.88 bits per heavy atom. The Hall–Kier alpha value is -0.850. The van der Waals surface area contributed by atoms with Gasteiger partial charge in [-0.25, -0.2) is 4.39 Å².